The second kappa shape index (κ2) is 9.26. The van der Waals surface area contributed by atoms with Gasteiger partial charge < -0.3 is 20.3 Å². The largest absolute Gasteiger partial charge is 0.493 e. The summed E-state index contributed by atoms with van der Waals surface area (Å²) in [6.45, 7) is 3.89. The molecule has 3 amide bonds. The summed E-state index contributed by atoms with van der Waals surface area (Å²) in [5.74, 6) is 0.440. The summed E-state index contributed by atoms with van der Waals surface area (Å²) in [5.41, 5.74) is 0.538. The van der Waals surface area contributed by atoms with E-state index in [1.807, 2.05) is 0 Å². The van der Waals surface area contributed by atoms with E-state index in [1.54, 1.807) is 17.0 Å². The van der Waals surface area contributed by atoms with Crippen LogP contribution in [0, 0.1) is 0 Å². The number of carbonyl (C=O) groups excluding carboxylic acids is 2. The zero-order valence-corrected chi connectivity index (χ0v) is 18.0. The van der Waals surface area contributed by atoms with Crippen molar-refractivity contribution in [3.63, 3.8) is 0 Å². The number of rotatable bonds is 3. The van der Waals surface area contributed by atoms with Gasteiger partial charge in [0.25, 0.3) is 0 Å². The zero-order chi connectivity index (χ0) is 23.6. The van der Waals surface area contributed by atoms with E-state index in [-0.39, 0.29) is 23.7 Å². The molecule has 2 N–H and O–H groups in total. The number of piperazine rings is 1. The van der Waals surface area contributed by atoms with Gasteiger partial charge in [-0.2, -0.15) is 13.2 Å². The summed E-state index contributed by atoms with van der Waals surface area (Å²) in [5, 5.41) is 5.35. The van der Waals surface area contributed by atoms with Gasteiger partial charge in [0.15, 0.2) is 0 Å². The molecule has 0 bridgehead atoms. The maximum atomic E-state index is 13.0. The van der Waals surface area contributed by atoms with Crippen LogP contribution >= 0.6 is 0 Å². The van der Waals surface area contributed by atoms with Crippen LogP contribution in [-0.4, -0.2) is 59.5 Å². The second-order valence-electron chi connectivity index (χ2n) is 7.97. The van der Waals surface area contributed by atoms with Crippen molar-refractivity contribution >= 4 is 23.4 Å². The van der Waals surface area contributed by atoms with E-state index < -0.39 is 11.7 Å². The van der Waals surface area contributed by atoms with Crippen LogP contribution in [0.1, 0.15) is 30.5 Å². The molecule has 1 aromatic heterocycles. The van der Waals surface area contributed by atoms with Crippen molar-refractivity contribution < 1.29 is 27.5 Å². The topological polar surface area (TPSA) is 86.8 Å². The number of aromatic nitrogens is 1. The fraction of sp³-hybridized carbons (Fsp3) is 0.409. The first-order valence-corrected chi connectivity index (χ1v) is 10.6. The number of urea groups is 1. The third-order valence-electron chi connectivity index (χ3n) is 5.71. The maximum absolute atomic E-state index is 13.0. The van der Waals surface area contributed by atoms with Gasteiger partial charge in [-0.1, -0.05) is 6.07 Å². The third-order valence-corrected chi connectivity index (χ3v) is 5.71. The Balaban J connectivity index is 1.35. The normalized spacial score (nSPS) is 18.8. The van der Waals surface area contributed by atoms with Crippen LogP contribution in [0.15, 0.2) is 36.5 Å². The molecule has 8 nitrogen and oxygen atoms in total. The lowest BCUT2D eigenvalue weighted by molar-refractivity contribution is -0.137. The van der Waals surface area contributed by atoms with Crippen molar-refractivity contribution in [3.05, 3.63) is 47.7 Å². The van der Waals surface area contributed by atoms with Crippen LogP contribution in [0.2, 0.25) is 0 Å². The fourth-order valence-electron chi connectivity index (χ4n) is 4.09. The molecule has 2 aliphatic heterocycles. The Bertz CT molecular complexity index is 1020. The highest BCUT2D eigenvalue weighted by Gasteiger charge is 2.35. The number of fused-ring (bicyclic) bond motifs is 1. The van der Waals surface area contributed by atoms with Crippen LogP contribution in [0.4, 0.5) is 29.5 Å². The van der Waals surface area contributed by atoms with E-state index in [2.05, 4.69) is 20.5 Å². The SMILES string of the molecule is CC(=O)Nc1ccc(NC(=O)N2CCN(C3CCOc4cc(C(F)(F)F)ccc43)CC2)cn1. The van der Waals surface area contributed by atoms with Gasteiger partial charge in [0, 0.05) is 51.1 Å². The number of halogens is 3. The number of carbonyl (C=O) groups is 2. The van der Waals surface area contributed by atoms with Crippen molar-refractivity contribution in [3.8, 4) is 5.75 Å². The number of hydrogen-bond donors (Lipinski definition) is 2. The van der Waals surface area contributed by atoms with Gasteiger partial charge >= 0.3 is 12.2 Å². The Hall–Kier alpha value is -3.34. The maximum Gasteiger partial charge on any atom is 0.416 e. The molecule has 1 saturated heterocycles. The number of anilines is 2. The Morgan fingerprint density at radius 2 is 1.85 bits per heavy atom. The van der Waals surface area contributed by atoms with E-state index >= 15 is 0 Å². The highest BCUT2D eigenvalue weighted by molar-refractivity contribution is 5.90. The van der Waals surface area contributed by atoms with E-state index in [1.165, 1.54) is 19.2 Å². The van der Waals surface area contributed by atoms with Crippen molar-refractivity contribution in [1.82, 2.24) is 14.8 Å². The number of amides is 3. The average molecular weight is 463 g/mol. The first-order valence-electron chi connectivity index (χ1n) is 10.6. The molecule has 0 spiro atoms. The first kappa shape index (κ1) is 22.8. The van der Waals surface area contributed by atoms with Gasteiger partial charge in [-0.05, 0) is 24.3 Å². The highest BCUT2D eigenvalue weighted by Crippen LogP contribution is 2.40. The molecule has 0 radical (unpaired) electrons. The van der Waals surface area contributed by atoms with Crippen molar-refractivity contribution in [2.24, 2.45) is 0 Å². The zero-order valence-electron chi connectivity index (χ0n) is 18.0. The van der Waals surface area contributed by atoms with Crippen LogP contribution in [0.25, 0.3) is 0 Å². The van der Waals surface area contributed by atoms with Gasteiger partial charge in [0.2, 0.25) is 5.91 Å². The fourth-order valence-corrected chi connectivity index (χ4v) is 4.09. The number of alkyl halides is 3. The summed E-state index contributed by atoms with van der Waals surface area (Å²) in [7, 11) is 0. The lowest BCUT2D eigenvalue weighted by Gasteiger charge is -2.41. The molecule has 33 heavy (non-hydrogen) atoms. The Kier molecular flexibility index (Phi) is 6.41. The summed E-state index contributed by atoms with van der Waals surface area (Å²) in [6.07, 6.45) is -2.27. The lowest BCUT2D eigenvalue weighted by atomic mass is 9.96. The molecule has 1 fully saturated rings. The molecule has 2 aromatic rings. The minimum absolute atomic E-state index is 0.0493. The van der Waals surface area contributed by atoms with Crippen molar-refractivity contribution in [2.75, 3.05) is 43.4 Å². The van der Waals surface area contributed by atoms with E-state index in [9.17, 15) is 22.8 Å². The Morgan fingerprint density at radius 1 is 1.09 bits per heavy atom. The molecule has 1 aromatic carbocycles. The molecule has 176 valence electrons. The number of pyridine rings is 1. The molecule has 0 aliphatic carbocycles. The average Bonchev–Trinajstić information content (AvgIpc) is 2.79. The minimum atomic E-state index is -4.41. The van der Waals surface area contributed by atoms with E-state index in [4.69, 9.17) is 4.74 Å². The Morgan fingerprint density at radius 3 is 2.48 bits per heavy atom. The van der Waals surface area contributed by atoms with Crippen LogP contribution < -0.4 is 15.4 Å². The van der Waals surface area contributed by atoms with Crippen molar-refractivity contribution in [2.45, 2.75) is 25.6 Å². The molecule has 3 heterocycles. The summed E-state index contributed by atoms with van der Waals surface area (Å²) >= 11 is 0. The van der Waals surface area contributed by atoms with Gasteiger partial charge in [-0.15, -0.1) is 0 Å². The molecule has 11 heteroatoms. The smallest absolute Gasteiger partial charge is 0.416 e. The standard InChI is InChI=1S/C22H24F3N5O3/c1-14(31)27-20-5-3-16(13-26-20)28-21(32)30-9-7-29(8-10-30)18-6-11-33-19-12-15(22(23,24)25)2-4-17(18)19/h2-5,12-13,18H,6-11H2,1H3,(H,28,32)(H,26,27,31). The number of nitrogens with zero attached hydrogens (tertiary/aromatic N) is 3. The lowest BCUT2D eigenvalue weighted by Crippen LogP contribution is -2.51. The van der Waals surface area contributed by atoms with Gasteiger partial charge in [0.1, 0.15) is 11.6 Å². The van der Waals surface area contributed by atoms with Gasteiger partial charge in [0.05, 0.1) is 24.1 Å². The molecular weight excluding hydrogens is 439 g/mol. The van der Waals surface area contributed by atoms with Crippen molar-refractivity contribution in [1.29, 1.82) is 0 Å². The number of benzene rings is 1. The van der Waals surface area contributed by atoms with E-state index in [0.717, 1.165) is 17.7 Å². The van der Waals surface area contributed by atoms with Gasteiger partial charge in [-0.25, -0.2) is 9.78 Å². The van der Waals surface area contributed by atoms with E-state index in [0.29, 0.717) is 50.7 Å². The van der Waals surface area contributed by atoms with Crippen LogP contribution in [-0.2, 0) is 11.0 Å². The number of hydrogen-bond acceptors (Lipinski definition) is 5. The van der Waals surface area contributed by atoms with Crippen LogP contribution in [0.5, 0.6) is 5.75 Å². The van der Waals surface area contributed by atoms with Crippen LogP contribution in [0.3, 0.4) is 0 Å². The predicted molar refractivity (Wildman–Crippen MR) is 115 cm³/mol. The summed E-state index contributed by atoms with van der Waals surface area (Å²) in [4.78, 5) is 31.6. The molecule has 1 atom stereocenters. The Labute approximate surface area is 188 Å². The number of ether oxygens (including phenoxy) is 1. The number of nitrogens with one attached hydrogen (secondary N) is 2. The van der Waals surface area contributed by atoms with Gasteiger partial charge in [-0.3, -0.25) is 9.69 Å². The minimum Gasteiger partial charge on any atom is -0.493 e. The first-order chi connectivity index (χ1) is 15.7. The quantitative estimate of drug-likeness (QED) is 0.725. The predicted octanol–water partition coefficient (Wildman–Crippen LogP) is 3.73. The molecule has 0 saturated carbocycles. The monoisotopic (exact) mass is 463 g/mol. The molecular formula is C22H24F3N5O3. The molecule has 1 unspecified atom stereocenters. The summed E-state index contributed by atoms with van der Waals surface area (Å²) < 4.78 is 44.6. The second-order valence-corrected chi connectivity index (χ2v) is 7.97. The third kappa shape index (κ3) is 5.36. The summed E-state index contributed by atoms with van der Waals surface area (Å²) in [6, 6.07) is 6.60. The molecule has 4 rings (SSSR count). The molecule has 2 aliphatic rings. The highest BCUT2D eigenvalue weighted by atomic mass is 19.4.